The minimum absolute atomic E-state index is 0.153. The van der Waals surface area contributed by atoms with Crippen LogP contribution in [0.3, 0.4) is 0 Å². The Morgan fingerprint density at radius 1 is 1.18 bits per heavy atom. The zero-order valence-corrected chi connectivity index (χ0v) is 10.6. The van der Waals surface area contributed by atoms with E-state index in [1.165, 1.54) is 12.4 Å². The minimum atomic E-state index is -0.153. The van der Waals surface area contributed by atoms with E-state index in [1.807, 2.05) is 13.0 Å². The second kappa shape index (κ2) is 4.86. The maximum absolute atomic E-state index is 12.2. The number of aromatic nitrogens is 1. The highest BCUT2D eigenvalue weighted by atomic mass is 35.5. The normalized spacial score (nSPS) is 10.3. The van der Waals surface area contributed by atoms with E-state index in [-0.39, 0.29) is 5.78 Å². The summed E-state index contributed by atoms with van der Waals surface area (Å²) in [6, 6.07) is 6.79. The number of hydrogen-bond acceptors (Lipinski definition) is 2. The second-order valence-electron chi connectivity index (χ2n) is 3.65. The summed E-state index contributed by atoms with van der Waals surface area (Å²) < 4.78 is 0. The minimum Gasteiger partial charge on any atom is -0.289 e. The smallest absolute Gasteiger partial charge is 0.194 e. The summed E-state index contributed by atoms with van der Waals surface area (Å²) in [7, 11) is 0. The van der Waals surface area contributed by atoms with Gasteiger partial charge in [0.15, 0.2) is 5.78 Å². The maximum atomic E-state index is 12.2. The summed E-state index contributed by atoms with van der Waals surface area (Å²) in [5, 5.41) is 0.912. The molecule has 0 fully saturated rings. The van der Waals surface area contributed by atoms with E-state index in [4.69, 9.17) is 23.2 Å². The number of hydrogen-bond donors (Lipinski definition) is 0. The van der Waals surface area contributed by atoms with Gasteiger partial charge in [-0.25, -0.2) is 0 Å². The van der Waals surface area contributed by atoms with Crippen molar-refractivity contribution in [1.29, 1.82) is 0 Å². The fourth-order valence-electron chi connectivity index (χ4n) is 1.45. The summed E-state index contributed by atoms with van der Waals surface area (Å²) in [4.78, 5) is 16.0. The van der Waals surface area contributed by atoms with Crippen LogP contribution in [0.5, 0.6) is 0 Å². The zero-order valence-electron chi connectivity index (χ0n) is 9.08. The van der Waals surface area contributed by atoms with Gasteiger partial charge in [0.2, 0.25) is 0 Å². The number of carbonyl (C=O) groups is 1. The number of benzene rings is 1. The zero-order chi connectivity index (χ0) is 12.4. The van der Waals surface area contributed by atoms with E-state index in [1.54, 1.807) is 18.2 Å². The molecule has 17 heavy (non-hydrogen) atoms. The van der Waals surface area contributed by atoms with Gasteiger partial charge >= 0.3 is 0 Å². The number of ketones is 1. The van der Waals surface area contributed by atoms with Crippen molar-refractivity contribution in [1.82, 2.24) is 4.98 Å². The average Bonchev–Trinajstić information content (AvgIpc) is 2.32. The number of halogens is 2. The molecule has 4 heteroatoms. The fourth-order valence-corrected chi connectivity index (χ4v) is 1.83. The van der Waals surface area contributed by atoms with Gasteiger partial charge in [0.05, 0.1) is 5.02 Å². The van der Waals surface area contributed by atoms with Crippen molar-refractivity contribution in [3.63, 3.8) is 0 Å². The Morgan fingerprint density at radius 2 is 1.94 bits per heavy atom. The molecule has 2 nitrogen and oxygen atoms in total. The first-order valence-corrected chi connectivity index (χ1v) is 5.75. The first kappa shape index (κ1) is 12.1. The number of pyridine rings is 1. The molecular weight excluding hydrogens is 257 g/mol. The van der Waals surface area contributed by atoms with Crippen molar-refractivity contribution in [2.24, 2.45) is 0 Å². The molecule has 0 spiro atoms. The molecule has 0 saturated heterocycles. The molecule has 0 aliphatic carbocycles. The first-order chi connectivity index (χ1) is 8.09. The Kier molecular flexibility index (Phi) is 3.46. The lowest BCUT2D eigenvalue weighted by Gasteiger charge is -2.04. The molecule has 86 valence electrons. The van der Waals surface area contributed by atoms with Crippen molar-refractivity contribution in [3.8, 4) is 0 Å². The second-order valence-corrected chi connectivity index (χ2v) is 4.46. The van der Waals surface area contributed by atoms with Crippen molar-refractivity contribution >= 4 is 29.0 Å². The van der Waals surface area contributed by atoms with Crippen LogP contribution in [0.2, 0.25) is 10.0 Å². The lowest BCUT2D eigenvalue weighted by Crippen LogP contribution is -2.02. The Hall–Kier alpha value is -1.38. The Labute approximate surface area is 109 Å². The van der Waals surface area contributed by atoms with Crippen LogP contribution in [0.15, 0.2) is 36.7 Å². The van der Waals surface area contributed by atoms with Crippen molar-refractivity contribution in [3.05, 3.63) is 63.4 Å². The monoisotopic (exact) mass is 265 g/mol. The topological polar surface area (TPSA) is 30.0 Å². The van der Waals surface area contributed by atoms with Crippen LogP contribution in [-0.2, 0) is 0 Å². The lowest BCUT2D eigenvalue weighted by atomic mass is 10.0. The van der Waals surface area contributed by atoms with Crippen molar-refractivity contribution < 1.29 is 4.79 Å². The van der Waals surface area contributed by atoms with Gasteiger partial charge in [-0.15, -0.1) is 0 Å². The quantitative estimate of drug-likeness (QED) is 0.771. The van der Waals surface area contributed by atoms with E-state index < -0.39 is 0 Å². The van der Waals surface area contributed by atoms with Crippen molar-refractivity contribution in [2.45, 2.75) is 6.92 Å². The number of aryl methyl sites for hydroxylation is 1. The summed E-state index contributed by atoms with van der Waals surface area (Å²) in [5.41, 5.74) is 1.89. The predicted molar refractivity (Wildman–Crippen MR) is 68.9 cm³/mol. The molecule has 1 aromatic heterocycles. The highest BCUT2D eigenvalue weighted by Crippen LogP contribution is 2.22. The van der Waals surface area contributed by atoms with Gasteiger partial charge in [0.1, 0.15) is 0 Å². The standard InChI is InChI=1S/C13H9Cl2NO/c1-8-2-3-9(6-11(8)14)13(17)10-4-5-16-7-12(10)15/h2-7H,1H3. The molecular formula is C13H9Cl2NO. The number of nitrogens with zero attached hydrogens (tertiary/aromatic N) is 1. The molecule has 0 aliphatic heterocycles. The molecule has 1 heterocycles. The van der Waals surface area contributed by atoms with E-state index in [9.17, 15) is 4.79 Å². The highest BCUT2D eigenvalue weighted by Gasteiger charge is 2.13. The van der Waals surface area contributed by atoms with E-state index in [0.717, 1.165) is 5.56 Å². The summed E-state index contributed by atoms with van der Waals surface area (Å²) in [6.07, 6.45) is 2.99. The third-order valence-electron chi connectivity index (χ3n) is 2.45. The van der Waals surface area contributed by atoms with Crippen LogP contribution in [0.1, 0.15) is 21.5 Å². The molecule has 0 bridgehead atoms. The number of carbonyl (C=O) groups excluding carboxylic acids is 1. The third kappa shape index (κ3) is 2.48. The molecule has 2 aromatic rings. The van der Waals surface area contributed by atoms with Gasteiger partial charge in [-0.1, -0.05) is 35.3 Å². The van der Waals surface area contributed by atoms with Crippen molar-refractivity contribution in [2.75, 3.05) is 0 Å². The molecule has 0 N–H and O–H groups in total. The molecule has 0 unspecified atom stereocenters. The Bertz CT molecular complexity index is 581. The van der Waals surface area contributed by atoms with Crippen LogP contribution in [0.25, 0.3) is 0 Å². The van der Waals surface area contributed by atoms with E-state index >= 15 is 0 Å². The number of rotatable bonds is 2. The van der Waals surface area contributed by atoms with Gasteiger partial charge in [-0.05, 0) is 24.6 Å². The van der Waals surface area contributed by atoms with Gasteiger partial charge in [-0.2, -0.15) is 0 Å². The average molecular weight is 266 g/mol. The van der Waals surface area contributed by atoms with Gasteiger partial charge in [0, 0.05) is 28.5 Å². The van der Waals surface area contributed by atoms with Crippen LogP contribution in [0, 0.1) is 6.92 Å². The predicted octanol–water partition coefficient (Wildman–Crippen LogP) is 3.93. The van der Waals surface area contributed by atoms with Crippen LogP contribution < -0.4 is 0 Å². The van der Waals surface area contributed by atoms with Crippen LogP contribution in [-0.4, -0.2) is 10.8 Å². The SMILES string of the molecule is Cc1ccc(C(=O)c2ccncc2Cl)cc1Cl. The molecule has 0 saturated carbocycles. The molecule has 2 rings (SSSR count). The van der Waals surface area contributed by atoms with E-state index in [2.05, 4.69) is 4.98 Å². The van der Waals surface area contributed by atoms with Gasteiger partial charge < -0.3 is 0 Å². The summed E-state index contributed by atoms with van der Waals surface area (Å²) in [6.45, 7) is 1.88. The largest absolute Gasteiger partial charge is 0.289 e. The molecule has 0 atom stereocenters. The van der Waals surface area contributed by atoms with Gasteiger partial charge in [-0.3, -0.25) is 9.78 Å². The van der Waals surface area contributed by atoms with Crippen LogP contribution >= 0.6 is 23.2 Å². The summed E-state index contributed by atoms with van der Waals surface area (Å²) >= 11 is 11.9. The Morgan fingerprint density at radius 3 is 2.59 bits per heavy atom. The van der Waals surface area contributed by atoms with Crippen LogP contribution in [0.4, 0.5) is 0 Å². The van der Waals surface area contributed by atoms with Gasteiger partial charge in [0.25, 0.3) is 0 Å². The third-order valence-corrected chi connectivity index (χ3v) is 3.16. The fraction of sp³-hybridized carbons (Fsp3) is 0.0769. The Balaban J connectivity index is 2.44. The first-order valence-electron chi connectivity index (χ1n) is 5.00. The lowest BCUT2D eigenvalue weighted by molar-refractivity contribution is 0.103. The molecule has 0 aliphatic rings. The summed E-state index contributed by atoms with van der Waals surface area (Å²) in [5.74, 6) is -0.153. The maximum Gasteiger partial charge on any atom is 0.194 e. The molecule has 0 radical (unpaired) electrons. The highest BCUT2D eigenvalue weighted by molar-refractivity contribution is 6.35. The molecule has 1 aromatic carbocycles. The van der Waals surface area contributed by atoms with E-state index in [0.29, 0.717) is 21.2 Å². The molecule has 0 amide bonds.